The minimum Gasteiger partial charge on any atom is -0.339 e. The molecule has 0 radical (unpaired) electrons. The largest absolute Gasteiger partial charge is 0.339 e. The summed E-state index contributed by atoms with van der Waals surface area (Å²) in [6.45, 7) is 3.89. The molecule has 19 heavy (non-hydrogen) atoms. The van der Waals surface area contributed by atoms with E-state index in [2.05, 4.69) is 31.2 Å². The summed E-state index contributed by atoms with van der Waals surface area (Å²) in [5, 5.41) is 0. The van der Waals surface area contributed by atoms with Crippen molar-refractivity contribution in [3.63, 3.8) is 0 Å². The third-order valence-electron chi connectivity index (χ3n) is 3.38. The van der Waals surface area contributed by atoms with Crippen LogP contribution in [0, 0.1) is 6.92 Å². The van der Waals surface area contributed by atoms with Crippen LogP contribution in [0.15, 0.2) is 42.5 Å². The third kappa shape index (κ3) is 4.40. The molecule has 0 saturated carbocycles. The van der Waals surface area contributed by atoms with Crippen LogP contribution in [0.3, 0.4) is 0 Å². The Hall–Kier alpha value is -1.83. The first kappa shape index (κ1) is 13.6. The highest BCUT2D eigenvalue weighted by molar-refractivity contribution is 5.88. The van der Waals surface area contributed by atoms with Crippen LogP contribution in [-0.4, -0.2) is 23.9 Å². The molecule has 1 saturated heterocycles. The van der Waals surface area contributed by atoms with Crippen LogP contribution in [0.2, 0.25) is 0 Å². The van der Waals surface area contributed by atoms with Crippen molar-refractivity contribution in [1.29, 1.82) is 0 Å². The molecule has 1 amide bonds. The number of likely N-dealkylation sites (tertiary alicyclic amines) is 1. The van der Waals surface area contributed by atoms with Crippen LogP contribution in [-0.2, 0) is 4.79 Å². The van der Waals surface area contributed by atoms with Gasteiger partial charge >= 0.3 is 0 Å². The molecule has 0 bridgehead atoms. The number of rotatable bonds is 3. The van der Waals surface area contributed by atoms with Gasteiger partial charge in [-0.2, -0.15) is 0 Å². The van der Waals surface area contributed by atoms with Crippen molar-refractivity contribution >= 4 is 12.0 Å². The molecule has 0 aliphatic carbocycles. The molecular weight excluding hydrogens is 234 g/mol. The molecule has 0 aromatic heterocycles. The molecule has 1 aromatic carbocycles. The van der Waals surface area contributed by atoms with Gasteiger partial charge in [-0.1, -0.05) is 48.1 Å². The second kappa shape index (κ2) is 6.93. The predicted octanol–water partition coefficient (Wildman–Crippen LogP) is 3.58. The molecule has 2 nitrogen and oxygen atoms in total. The van der Waals surface area contributed by atoms with E-state index in [4.69, 9.17) is 0 Å². The maximum Gasteiger partial charge on any atom is 0.246 e. The Kier molecular flexibility index (Phi) is 4.96. The van der Waals surface area contributed by atoms with E-state index in [1.807, 2.05) is 23.1 Å². The van der Waals surface area contributed by atoms with Crippen molar-refractivity contribution in [3.05, 3.63) is 53.6 Å². The lowest BCUT2D eigenvalue weighted by molar-refractivity contribution is -0.126. The second-order valence-electron chi connectivity index (χ2n) is 5.01. The van der Waals surface area contributed by atoms with Gasteiger partial charge in [0.1, 0.15) is 0 Å². The first-order valence-electron chi connectivity index (χ1n) is 6.96. The van der Waals surface area contributed by atoms with Gasteiger partial charge < -0.3 is 4.90 Å². The summed E-state index contributed by atoms with van der Waals surface area (Å²) in [6.07, 6.45) is 11.0. The van der Waals surface area contributed by atoms with Crippen molar-refractivity contribution in [2.24, 2.45) is 0 Å². The molecule has 1 fully saturated rings. The number of aryl methyl sites for hydroxylation is 1. The SMILES string of the molecule is Cc1ccc(/C=C/C=C/C(=O)N2CCCCC2)cc1. The monoisotopic (exact) mass is 255 g/mol. The van der Waals surface area contributed by atoms with Crippen molar-refractivity contribution < 1.29 is 4.79 Å². The van der Waals surface area contributed by atoms with E-state index in [0.29, 0.717) is 0 Å². The number of carbonyl (C=O) groups excluding carboxylic acids is 1. The lowest BCUT2D eigenvalue weighted by atomic mass is 10.1. The molecule has 1 aromatic rings. The first-order chi connectivity index (χ1) is 9.25. The van der Waals surface area contributed by atoms with Crippen LogP contribution < -0.4 is 0 Å². The fraction of sp³-hybridized carbons (Fsp3) is 0.353. The van der Waals surface area contributed by atoms with Gasteiger partial charge in [-0.05, 0) is 31.7 Å². The molecule has 1 aliphatic rings. The van der Waals surface area contributed by atoms with E-state index < -0.39 is 0 Å². The van der Waals surface area contributed by atoms with Gasteiger partial charge in [-0.3, -0.25) is 4.79 Å². The summed E-state index contributed by atoms with van der Waals surface area (Å²) in [6, 6.07) is 8.32. The highest BCUT2D eigenvalue weighted by atomic mass is 16.2. The van der Waals surface area contributed by atoms with Crippen molar-refractivity contribution in [2.45, 2.75) is 26.2 Å². The molecule has 0 atom stereocenters. The average molecular weight is 255 g/mol. The topological polar surface area (TPSA) is 20.3 Å². The van der Waals surface area contributed by atoms with Gasteiger partial charge in [-0.25, -0.2) is 0 Å². The summed E-state index contributed by atoms with van der Waals surface area (Å²) in [5.41, 5.74) is 2.41. The molecule has 1 aliphatic heterocycles. The van der Waals surface area contributed by atoms with E-state index in [0.717, 1.165) is 31.5 Å². The molecule has 0 N–H and O–H groups in total. The minimum absolute atomic E-state index is 0.133. The summed E-state index contributed by atoms with van der Waals surface area (Å²) in [7, 11) is 0. The van der Waals surface area contributed by atoms with Gasteiger partial charge in [0.15, 0.2) is 0 Å². The van der Waals surface area contributed by atoms with Gasteiger partial charge in [0.25, 0.3) is 0 Å². The summed E-state index contributed by atoms with van der Waals surface area (Å²) in [4.78, 5) is 13.8. The number of nitrogens with zero attached hydrogens (tertiary/aromatic N) is 1. The third-order valence-corrected chi connectivity index (χ3v) is 3.38. The second-order valence-corrected chi connectivity index (χ2v) is 5.01. The molecule has 0 unspecified atom stereocenters. The van der Waals surface area contributed by atoms with Crippen LogP contribution in [0.5, 0.6) is 0 Å². The molecule has 0 spiro atoms. The van der Waals surface area contributed by atoms with Crippen LogP contribution >= 0.6 is 0 Å². The Labute approximate surface area is 115 Å². The van der Waals surface area contributed by atoms with Crippen LogP contribution in [0.25, 0.3) is 6.08 Å². The molecule has 1 heterocycles. The van der Waals surface area contributed by atoms with Crippen LogP contribution in [0.4, 0.5) is 0 Å². The minimum atomic E-state index is 0.133. The number of benzene rings is 1. The van der Waals surface area contributed by atoms with E-state index >= 15 is 0 Å². The van der Waals surface area contributed by atoms with Gasteiger partial charge in [-0.15, -0.1) is 0 Å². The normalized spacial score (nSPS) is 16.4. The number of hydrogen-bond acceptors (Lipinski definition) is 1. The standard InChI is InChI=1S/C17H21NO/c1-15-9-11-16(12-10-15)7-3-4-8-17(19)18-13-5-2-6-14-18/h3-4,7-12H,2,5-6,13-14H2,1H3/b7-3+,8-4+. The Morgan fingerprint density at radius 3 is 2.42 bits per heavy atom. The molecule has 100 valence electrons. The van der Waals surface area contributed by atoms with Crippen LogP contribution in [0.1, 0.15) is 30.4 Å². The number of allylic oxidation sites excluding steroid dienone is 2. The maximum absolute atomic E-state index is 11.9. The molecule has 2 rings (SSSR count). The lowest BCUT2D eigenvalue weighted by Crippen LogP contribution is -2.34. The number of amides is 1. The Bertz CT molecular complexity index is 465. The smallest absolute Gasteiger partial charge is 0.246 e. The summed E-state index contributed by atoms with van der Waals surface area (Å²) < 4.78 is 0. The number of hydrogen-bond donors (Lipinski definition) is 0. The molecular formula is C17H21NO. The van der Waals surface area contributed by atoms with Crippen molar-refractivity contribution in [1.82, 2.24) is 4.90 Å². The van der Waals surface area contributed by atoms with Crippen molar-refractivity contribution in [2.75, 3.05) is 13.1 Å². The zero-order chi connectivity index (χ0) is 13.5. The Morgan fingerprint density at radius 2 is 1.74 bits per heavy atom. The predicted molar refractivity (Wildman–Crippen MR) is 79.8 cm³/mol. The summed E-state index contributed by atoms with van der Waals surface area (Å²) >= 11 is 0. The van der Waals surface area contributed by atoms with Gasteiger partial charge in [0, 0.05) is 19.2 Å². The van der Waals surface area contributed by atoms with E-state index in [1.165, 1.54) is 12.0 Å². The lowest BCUT2D eigenvalue weighted by Gasteiger charge is -2.25. The molecule has 2 heteroatoms. The highest BCUT2D eigenvalue weighted by Crippen LogP contribution is 2.09. The van der Waals surface area contributed by atoms with E-state index in [1.54, 1.807) is 6.08 Å². The zero-order valence-corrected chi connectivity index (χ0v) is 11.5. The highest BCUT2D eigenvalue weighted by Gasteiger charge is 2.12. The van der Waals surface area contributed by atoms with E-state index in [-0.39, 0.29) is 5.91 Å². The van der Waals surface area contributed by atoms with Gasteiger partial charge in [0.05, 0.1) is 0 Å². The number of carbonyl (C=O) groups is 1. The number of piperidine rings is 1. The zero-order valence-electron chi connectivity index (χ0n) is 11.5. The maximum atomic E-state index is 11.9. The fourth-order valence-corrected chi connectivity index (χ4v) is 2.20. The fourth-order valence-electron chi connectivity index (χ4n) is 2.20. The van der Waals surface area contributed by atoms with Crippen molar-refractivity contribution in [3.8, 4) is 0 Å². The average Bonchev–Trinajstić information content (AvgIpc) is 2.46. The Balaban J connectivity index is 1.85. The quantitative estimate of drug-likeness (QED) is 0.597. The summed E-state index contributed by atoms with van der Waals surface area (Å²) in [5.74, 6) is 0.133. The van der Waals surface area contributed by atoms with Gasteiger partial charge in [0.2, 0.25) is 5.91 Å². The first-order valence-corrected chi connectivity index (χ1v) is 6.96. The van der Waals surface area contributed by atoms with E-state index in [9.17, 15) is 4.79 Å². The Morgan fingerprint density at radius 1 is 1.05 bits per heavy atom.